The third-order valence-corrected chi connectivity index (χ3v) is 5.77. The van der Waals surface area contributed by atoms with Crippen LogP contribution in [0.4, 0.5) is 0 Å². The highest BCUT2D eigenvalue weighted by Crippen LogP contribution is 2.29. The topological polar surface area (TPSA) is 69.2 Å². The van der Waals surface area contributed by atoms with Crippen LogP contribution in [-0.2, 0) is 6.61 Å². The Morgan fingerprint density at radius 2 is 1.57 bits per heavy atom. The average Bonchev–Trinajstić information content (AvgIpc) is 2.93. The number of rotatable bonds is 16. The number of carbonyl (C=O) groups excluding carboxylic acids is 1. The summed E-state index contributed by atoms with van der Waals surface area (Å²) < 4.78 is 17.4. The standard InChI is InChI=1S/C31H38N2O4/c1-3-5-6-7-8-12-21-36-28-18-15-25(16-19-28)23-32-33-31(34)27-17-20-29(30(22-27)35-4-2)37-24-26-13-10-9-11-14-26/h9-11,13-20,22-23H,3-8,12,21,24H2,1-2H3,(H,33,34)/b32-23+. The Kier molecular flexibility index (Phi) is 12.0. The van der Waals surface area contributed by atoms with Gasteiger partial charge in [0.1, 0.15) is 12.4 Å². The summed E-state index contributed by atoms with van der Waals surface area (Å²) in [5.41, 5.74) is 4.93. The summed E-state index contributed by atoms with van der Waals surface area (Å²) in [7, 11) is 0. The van der Waals surface area contributed by atoms with Gasteiger partial charge in [-0.3, -0.25) is 4.79 Å². The van der Waals surface area contributed by atoms with Crippen molar-refractivity contribution in [3.8, 4) is 17.2 Å². The zero-order chi connectivity index (χ0) is 26.1. The van der Waals surface area contributed by atoms with Gasteiger partial charge in [-0.05, 0) is 66.9 Å². The van der Waals surface area contributed by atoms with Gasteiger partial charge in [-0.25, -0.2) is 5.43 Å². The molecule has 0 unspecified atom stereocenters. The number of ether oxygens (including phenoxy) is 3. The Morgan fingerprint density at radius 3 is 2.32 bits per heavy atom. The van der Waals surface area contributed by atoms with Gasteiger partial charge in [-0.15, -0.1) is 0 Å². The lowest BCUT2D eigenvalue weighted by Gasteiger charge is -2.13. The Morgan fingerprint density at radius 1 is 0.811 bits per heavy atom. The molecule has 3 rings (SSSR count). The molecular formula is C31H38N2O4. The minimum absolute atomic E-state index is 0.328. The van der Waals surface area contributed by atoms with Crippen LogP contribution >= 0.6 is 0 Å². The molecule has 6 heteroatoms. The van der Waals surface area contributed by atoms with Gasteiger partial charge >= 0.3 is 0 Å². The summed E-state index contributed by atoms with van der Waals surface area (Å²) in [5, 5.41) is 4.10. The number of carbonyl (C=O) groups is 1. The van der Waals surface area contributed by atoms with E-state index in [0.717, 1.165) is 29.9 Å². The molecule has 3 aromatic rings. The van der Waals surface area contributed by atoms with Gasteiger partial charge in [-0.1, -0.05) is 69.4 Å². The zero-order valence-corrected chi connectivity index (χ0v) is 21.9. The predicted octanol–water partition coefficient (Wildman–Crippen LogP) is 7.17. The quantitative estimate of drug-likeness (QED) is 0.128. The van der Waals surface area contributed by atoms with Crippen LogP contribution in [0.5, 0.6) is 17.2 Å². The molecule has 0 aromatic heterocycles. The van der Waals surface area contributed by atoms with Crippen molar-refractivity contribution in [2.24, 2.45) is 5.10 Å². The molecule has 0 radical (unpaired) electrons. The maximum Gasteiger partial charge on any atom is 0.271 e. The molecule has 1 N–H and O–H groups in total. The number of amides is 1. The maximum atomic E-state index is 12.6. The Labute approximate surface area is 220 Å². The van der Waals surface area contributed by atoms with E-state index < -0.39 is 0 Å². The van der Waals surface area contributed by atoms with Crippen molar-refractivity contribution in [2.75, 3.05) is 13.2 Å². The molecule has 0 aliphatic heterocycles. The van der Waals surface area contributed by atoms with Crippen LogP contribution in [-0.4, -0.2) is 25.3 Å². The summed E-state index contributed by atoms with van der Waals surface area (Å²) in [4.78, 5) is 12.6. The minimum atomic E-state index is -0.328. The summed E-state index contributed by atoms with van der Waals surface area (Å²) in [6, 6.07) is 22.7. The van der Waals surface area contributed by atoms with Gasteiger partial charge in [0, 0.05) is 5.56 Å². The molecule has 0 saturated heterocycles. The van der Waals surface area contributed by atoms with E-state index in [2.05, 4.69) is 17.5 Å². The molecule has 0 heterocycles. The maximum absolute atomic E-state index is 12.6. The van der Waals surface area contributed by atoms with E-state index in [9.17, 15) is 4.79 Å². The summed E-state index contributed by atoms with van der Waals surface area (Å²) >= 11 is 0. The first kappa shape index (κ1) is 27.8. The molecule has 6 nitrogen and oxygen atoms in total. The highest BCUT2D eigenvalue weighted by Gasteiger charge is 2.11. The van der Waals surface area contributed by atoms with Crippen molar-refractivity contribution in [2.45, 2.75) is 59.0 Å². The summed E-state index contributed by atoms with van der Waals surface area (Å²) in [6.45, 7) is 5.73. The van der Waals surface area contributed by atoms with E-state index in [4.69, 9.17) is 14.2 Å². The first-order valence-corrected chi connectivity index (χ1v) is 13.2. The highest BCUT2D eigenvalue weighted by molar-refractivity contribution is 5.95. The number of hydrogen-bond donors (Lipinski definition) is 1. The fourth-order valence-corrected chi connectivity index (χ4v) is 3.72. The first-order valence-electron chi connectivity index (χ1n) is 13.2. The van der Waals surface area contributed by atoms with E-state index in [0.29, 0.717) is 30.3 Å². The van der Waals surface area contributed by atoms with Crippen molar-refractivity contribution in [3.63, 3.8) is 0 Å². The second-order valence-corrected chi connectivity index (χ2v) is 8.75. The molecule has 0 aliphatic carbocycles. The zero-order valence-electron chi connectivity index (χ0n) is 21.9. The molecule has 3 aromatic carbocycles. The van der Waals surface area contributed by atoms with Gasteiger partial charge in [0.25, 0.3) is 5.91 Å². The Balaban J connectivity index is 1.47. The van der Waals surface area contributed by atoms with E-state index in [1.54, 1.807) is 24.4 Å². The van der Waals surface area contributed by atoms with E-state index in [-0.39, 0.29) is 5.91 Å². The van der Waals surface area contributed by atoms with Crippen molar-refractivity contribution >= 4 is 12.1 Å². The average molecular weight is 503 g/mol. The monoisotopic (exact) mass is 502 g/mol. The number of unbranched alkanes of at least 4 members (excludes halogenated alkanes) is 5. The largest absolute Gasteiger partial charge is 0.494 e. The molecular weight excluding hydrogens is 464 g/mol. The summed E-state index contributed by atoms with van der Waals surface area (Å²) in [6.07, 6.45) is 9.05. The van der Waals surface area contributed by atoms with Crippen LogP contribution in [0.25, 0.3) is 0 Å². The molecule has 1 amide bonds. The second-order valence-electron chi connectivity index (χ2n) is 8.75. The van der Waals surface area contributed by atoms with Crippen LogP contribution < -0.4 is 19.6 Å². The van der Waals surface area contributed by atoms with Crippen molar-refractivity contribution < 1.29 is 19.0 Å². The lowest BCUT2D eigenvalue weighted by molar-refractivity contribution is 0.0954. The fraction of sp³-hybridized carbons (Fsp3) is 0.355. The number of nitrogens with one attached hydrogen (secondary N) is 1. The van der Waals surface area contributed by atoms with E-state index in [1.807, 2.05) is 61.5 Å². The minimum Gasteiger partial charge on any atom is -0.494 e. The van der Waals surface area contributed by atoms with Gasteiger partial charge in [0.05, 0.1) is 19.4 Å². The molecule has 0 fully saturated rings. The van der Waals surface area contributed by atoms with Crippen LogP contribution in [0.3, 0.4) is 0 Å². The molecule has 196 valence electrons. The second kappa shape index (κ2) is 16.0. The van der Waals surface area contributed by atoms with E-state index in [1.165, 1.54) is 32.1 Å². The Bertz CT molecular complexity index is 1100. The van der Waals surface area contributed by atoms with Crippen molar-refractivity contribution in [3.05, 3.63) is 89.5 Å². The van der Waals surface area contributed by atoms with Crippen LogP contribution in [0, 0.1) is 0 Å². The van der Waals surface area contributed by atoms with E-state index >= 15 is 0 Å². The SMILES string of the molecule is CCCCCCCCOc1ccc(/C=N/NC(=O)c2ccc(OCc3ccccc3)c(OCC)c2)cc1. The van der Waals surface area contributed by atoms with Gasteiger partial charge in [0.15, 0.2) is 11.5 Å². The van der Waals surface area contributed by atoms with Crippen LogP contribution in [0.15, 0.2) is 77.9 Å². The van der Waals surface area contributed by atoms with Gasteiger partial charge in [-0.2, -0.15) is 5.10 Å². The number of benzene rings is 3. The third-order valence-electron chi connectivity index (χ3n) is 5.77. The fourth-order valence-electron chi connectivity index (χ4n) is 3.72. The third kappa shape index (κ3) is 10.00. The molecule has 0 saturated carbocycles. The van der Waals surface area contributed by atoms with Crippen LogP contribution in [0.1, 0.15) is 73.9 Å². The molecule has 0 bridgehead atoms. The number of nitrogens with zero attached hydrogens (tertiary/aromatic N) is 1. The van der Waals surface area contributed by atoms with Crippen LogP contribution in [0.2, 0.25) is 0 Å². The smallest absolute Gasteiger partial charge is 0.271 e. The van der Waals surface area contributed by atoms with Gasteiger partial charge in [0.2, 0.25) is 0 Å². The lowest BCUT2D eigenvalue weighted by Crippen LogP contribution is -2.17. The predicted molar refractivity (Wildman–Crippen MR) is 149 cm³/mol. The lowest BCUT2D eigenvalue weighted by atomic mass is 10.1. The first-order chi connectivity index (χ1) is 18.2. The Hall–Kier alpha value is -3.80. The molecule has 0 spiro atoms. The normalized spacial score (nSPS) is 10.9. The number of hydrogen-bond acceptors (Lipinski definition) is 5. The summed E-state index contributed by atoms with van der Waals surface area (Å²) in [5.74, 6) is 1.62. The molecule has 37 heavy (non-hydrogen) atoms. The molecule has 0 atom stereocenters. The van der Waals surface area contributed by atoms with Gasteiger partial charge < -0.3 is 14.2 Å². The van der Waals surface area contributed by atoms with Crippen molar-refractivity contribution in [1.82, 2.24) is 5.43 Å². The number of hydrazone groups is 1. The highest BCUT2D eigenvalue weighted by atomic mass is 16.5. The van der Waals surface area contributed by atoms with Crippen molar-refractivity contribution in [1.29, 1.82) is 0 Å². The molecule has 0 aliphatic rings.